The van der Waals surface area contributed by atoms with Gasteiger partial charge < -0.3 is 0 Å². The average Bonchev–Trinajstić information content (AvgIpc) is 2.90. The maximum atomic E-state index is 12.8. The molecule has 110 valence electrons. The summed E-state index contributed by atoms with van der Waals surface area (Å²) in [5.74, 6) is 0.669. The Morgan fingerprint density at radius 2 is 2.00 bits per heavy atom. The largest absolute Gasteiger partial charge is 0.292 e. The Bertz CT molecular complexity index is 711. The lowest BCUT2D eigenvalue weighted by molar-refractivity contribution is 0.0889. The van der Waals surface area contributed by atoms with Crippen LogP contribution in [0, 0.1) is 5.92 Å². The Morgan fingerprint density at radius 1 is 1.24 bits per heavy atom. The van der Waals surface area contributed by atoms with Crippen molar-refractivity contribution in [3.63, 3.8) is 0 Å². The molecule has 2 fully saturated rings. The number of ketones is 1. The molecule has 0 radical (unpaired) electrons. The molecule has 0 aliphatic carbocycles. The summed E-state index contributed by atoms with van der Waals surface area (Å²) in [6.45, 7) is 0. The zero-order valence-corrected chi connectivity index (χ0v) is 12.5. The van der Waals surface area contributed by atoms with Gasteiger partial charge in [0, 0.05) is 39.6 Å². The standard InChI is InChI=1S/C15H17N3O2S/c19-14(13-9-17-15-16-5-2-6-18(13)15)10-7-11-3-1-4-12(8-10)21(11)20/h2,5-6,9-12H,1,3-4,7-8H2. The van der Waals surface area contributed by atoms with Gasteiger partial charge in [-0.05, 0) is 31.7 Å². The number of Topliss-reactive ketones (excluding diaryl/α,β-unsaturated/α-hetero) is 1. The zero-order valence-electron chi connectivity index (χ0n) is 11.6. The predicted molar refractivity (Wildman–Crippen MR) is 79.6 cm³/mol. The van der Waals surface area contributed by atoms with Crippen molar-refractivity contribution in [2.24, 2.45) is 5.92 Å². The first-order valence-corrected chi connectivity index (χ1v) is 8.73. The molecule has 0 amide bonds. The van der Waals surface area contributed by atoms with E-state index in [2.05, 4.69) is 9.97 Å². The van der Waals surface area contributed by atoms with Crippen LogP contribution in [0.4, 0.5) is 0 Å². The summed E-state index contributed by atoms with van der Waals surface area (Å²) in [6.07, 6.45) is 9.79. The second kappa shape index (κ2) is 5.02. The van der Waals surface area contributed by atoms with E-state index in [1.54, 1.807) is 22.9 Å². The summed E-state index contributed by atoms with van der Waals surface area (Å²) in [5, 5.41) is 0.424. The quantitative estimate of drug-likeness (QED) is 0.796. The van der Waals surface area contributed by atoms with E-state index in [4.69, 9.17) is 0 Å². The van der Waals surface area contributed by atoms with Gasteiger partial charge in [0.25, 0.3) is 0 Å². The Morgan fingerprint density at radius 3 is 2.76 bits per heavy atom. The van der Waals surface area contributed by atoms with Gasteiger partial charge in [-0.25, -0.2) is 9.97 Å². The van der Waals surface area contributed by atoms with Crippen LogP contribution in [0.15, 0.2) is 24.7 Å². The molecule has 2 bridgehead atoms. The van der Waals surface area contributed by atoms with E-state index in [9.17, 15) is 9.00 Å². The van der Waals surface area contributed by atoms with Crippen molar-refractivity contribution in [3.05, 3.63) is 30.4 Å². The molecule has 4 rings (SSSR count). The summed E-state index contributed by atoms with van der Waals surface area (Å²) in [6, 6.07) is 1.80. The van der Waals surface area contributed by atoms with Gasteiger partial charge >= 0.3 is 0 Å². The molecule has 6 heteroatoms. The second-order valence-corrected chi connectivity index (χ2v) is 7.96. The lowest BCUT2D eigenvalue weighted by Gasteiger charge is -2.37. The highest BCUT2D eigenvalue weighted by atomic mass is 32.2. The van der Waals surface area contributed by atoms with Crippen molar-refractivity contribution in [1.29, 1.82) is 0 Å². The fourth-order valence-electron chi connectivity index (χ4n) is 3.67. The second-order valence-electron chi connectivity index (χ2n) is 5.97. The predicted octanol–water partition coefficient (Wildman–Crippen LogP) is 1.99. The van der Waals surface area contributed by atoms with Gasteiger partial charge in [-0.15, -0.1) is 0 Å². The minimum Gasteiger partial charge on any atom is -0.292 e. The molecule has 2 unspecified atom stereocenters. The van der Waals surface area contributed by atoms with Crippen molar-refractivity contribution in [1.82, 2.24) is 14.4 Å². The Hall–Kier alpha value is -1.56. The van der Waals surface area contributed by atoms with Crippen LogP contribution in [0.25, 0.3) is 5.78 Å². The minimum atomic E-state index is -0.734. The number of carbonyl (C=O) groups is 1. The van der Waals surface area contributed by atoms with Crippen LogP contribution in [0.3, 0.4) is 0 Å². The molecule has 21 heavy (non-hydrogen) atoms. The zero-order chi connectivity index (χ0) is 14.4. The number of rotatable bonds is 2. The van der Waals surface area contributed by atoms with Crippen molar-refractivity contribution in [3.8, 4) is 0 Å². The Labute approximate surface area is 125 Å². The number of nitrogens with zero attached hydrogens (tertiary/aromatic N) is 3. The molecule has 2 atom stereocenters. The maximum Gasteiger partial charge on any atom is 0.234 e. The number of imidazole rings is 1. The Balaban J connectivity index is 1.65. The fraction of sp³-hybridized carbons (Fsp3) is 0.533. The molecule has 2 aromatic rings. The van der Waals surface area contributed by atoms with Crippen LogP contribution < -0.4 is 0 Å². The molecular weight excluding hydrogens is 286 g/mol. The van der Waals surface area contributed by atoms with Crippen molar-refractivity contribution in [2.75, 3.05) is 0 Å². The van der Waals surface area contributed by atoms with E-state index in [0.717, 1.165) is 32.1 Å². The summed E-state index contributed by atoms with van der Waals surface area (Å²) in [7, 11) is -0.734. The third-order valence-corrected chi connectivity index (χ3v) is 6.89. The maximum absolute atomic E-state index is 12.8. The average molecular weight is 303 g/mol. The number of aromatic nitrogens is 3. The van der Waals surface area contributed by atoms with Gasteiger partial charge in [-0.3, -0.25) is 13.4 Å². The molecule has 2 aromatic heterocycles. The third-order valence-electron chi connectivity index (χ3n) is 4.72. The minimum absolute atomic E-state index is 0.0156. The molecule has 2 aliphatic heterocycles. The summed E-state index contributed by atoms with van der Waals surface area (Å²) in [4.78, 5) is 21.2. The van der Waals surface area contributed by atoms with Gasteiger partial charge in [-0.1, -0.05) is 6.42 Å². The van der Waals surface area contributed by atoms with E-state index >= 15 is 0 Å². The SMILES string of the molecule is O=C(c1cnc2ncccn12)C1CC2CCCC(C1)S2=O. The Kier molecular flexibility index (Phi) is 3.14. The topological polar surface area (TPSA) is 64.3 Å². The van der Waals surface area contributed by atoms with Crippen LogP contribution in [0.1, 0.15) is 42.6 Å². The van der Waals surface area contributed by atoms with E-state index < -0.39 is 10.8 Å². The molecule has 5 nitrogen and oxygen atoms in total. The smallest absolute Gasteiger partial charge is 0.234 e. The third kappa shape index (κ3) is 2.12. The van der Waals surface area contributed by atoms with Gasteiger partial charge in [-0.2, -0.15) is 0 Å². The molecule has 0 N–H and O–H groups in total. The van der Waals surface area contributed by atoms with Gasteiger partial charge in [0.15, 0.2) is 5.78 Å². The number of carbonyl (C=O) groups excluding carboxylic acids is 1. The molecule has 0 aromatic carbocycles. The highest BCUT2D eigenvalue weighted by Crippen LogP contribution is 2.38. The van der Waals surface area contributed by atoms with Crippen LogP contribution in [-0.2, 0) is 10.8 Å². The fourth-order valence-corrected chi connectivity index (χ4v) is 5.85. The first kappa shape index (κ1) is 13.1. The van der Waals surface area contributed by atoms with Crippen molar-refractivity contribution >= 4 is 22.4 Å². The molecule has 0 saturated carbocycles. The van der Waals surface area contributed by atoms with E-state index in [1.807, 2.05) is 6.20 Å². The van der Waals surface area contributed by atoms with Gasteiger partial charge in [0.1, 0.15) is 5.69 Å². The van der Waals surface area contributed by atoms with Crippen LogP contribution in [0.5, 0.6) is 0 Å². The first-order valence-electron chi connectivity index (χ1n) is 7.45. The molecule has 4 heterocycles. The van der Waals surface area contributed by atoms with Crippen LogP contribution in [-0.4, -0.2) is 34.9 Å². The number of hydrogen-bond acceptors (Lipinski definition) is 4. The van der Waals surface area contributed by atoms with E-state index in [1.165, 1.54) is 0 Å². The van der Waals surface area contributed by atoms with Gasteiger partial charge in [0.05, 0.1) is 6.20 Å². The van der Waals surface area contributed by atoms with E-state index in [0.29, 0.717) is 11.5 Å². The number of fused-ring (bicyclic) bond motifs is 3. The van der Waals surface area contributed by atoms with Crippen LogP contribution in [0.2, 0.25) is 0 Å². The summed E-state index contributed by atoms with van der Waals surface area (Å²) < 4.78 is 14.0. The highest BCUT2D eigenvalue weighted by molar-refractivity contribution is 7.86. The van der Waals surface area contributed by atoms with E-state index in [-0.39, 0.29) is 22.2 Å². The van der Waals surface area contributed by atoms with Crippen molar-refractivity contribution in [2.45, 2.75) is 42.6 Å². The lowest BCUT2D eigenvalue weighted by Crippen LogP contribution is -2.41. The highest BCUT2D eigenvalue weighted by Gasteiger charge is 2.41. The molecule has 0 spiro atoms. The molecule has 2 aliphatic rings. The molecule has 2 saturated heterocycles. The summed E-state index contributed by atoms with van der Waals surface area (Å²) in [5.41, 5.74) is 0.605. The molecular formula is C15H17N3O2S. The monoisotopic (exact) mass is 303 g/mol. The lowest BCUT2D eigenvalue weighted by atomic mass is 9.86. The van der Waals surface area contributed by atoms with Gasteiger partial charge in [0.2, 0.25) is 5.78 Å². The van der Waals surface area contributed by atoms with Crippen LogP contribution >= 0.6 is 0 Å². The first-order chi connectivity index (χ1) is 10.2. The normalized spacial score (nSPS) is 32.2. The summed E-state index contributed by atoms with van der Waals surface area (Å²) >= 11 is 0. The number of hydrogen-bond donors (Lipinski definition) is 0. The van der Waals surface area contributed by atoms with Crippen molar-refractivity contribution < 1.29 is 9.00 Å².